The third-order valence-electron chi connectivity index (χ3n) is 4.82. The highest BCUT2D eigenvalue weighted by atomic mass is 19.4. The molecule has 3 saturated carbocycles. The Morgan fingerprint density at radius 3 is 2.42 bits per heavy atom. The topological polar surface area (TPSA) is 68.0 Å². The zero-order chi connectivity index (χ0) is 16.9. The Kier molecular flexibility index (Phi) is 3.36. The lowest BCUT2D eigenvalue weighted by molar-refractivity contribution is -0.159. The van der Waals surface area contributed by atoms with Gasteiger partial charge >= 0.3 is 12.1 Å². The highest BCUT2D eigenvalue weighted by Crippen LogP contribution is 2.48. The molecule has 3 aliphatic rings. The van der Waals surface area contributed by atoms with E-state index >= 15 is 0 Å². The zero-order valence-electron chi connectivity index (χ0n) is 12.5. The fraction of sp³-hybridized carbons (Fsp3) is 0.438. The van der Waals surface area contributed by atoms with E-state index in [1.165, 1.54) is 25.0 Å². The van der Waals surface area contributed by atoms with Gasteiger partial charge in [-0.15, -0.1) is 0 Å². The first-order valence-corrected chi connectivity index (χ1v) is 7.72. The number of benzene rings is 1. The number of alkyl halides is 3. The minimum atomic E-state index is -4.67. The molecule has 1 aromatic heterocycles. The molecule has 8 heteroatoms. The van der Waals surface area contributed by atoms with Gasteiger partial charge in [0.15, 0.2) is 0 Å². The van der Waals surface area contributed by atoms with Crippen LogP contribution >= 0.6 is 0 Å². The molecule has 1 atom stereocenters. The average molecular weight is 337 g/mol. The number of hydrogen-bond acceptors (Lipinski definition) is 4. The molecule has 2 bridgehead atoms. The number of rotatable bonds is 3. The largest absolute Gasteiger partial charge is 0.471 e. The number of halogens is 3. The molecule has 24 heavy (non-hydrogen) atoms. The third kappa shape index (κ3) is 2.65. The first-order valence-electron chi connectivity index (χ1n) is 7.72. The second-order valence-electron chi connectivity index (χ2n) is 6.41. The first-order chi connectivity index (χ1) is 11.4. The molecular weight excluding hydrogens is 323 g/mol. The molecule has 0 spiro atoms. The van der Waals surface area contributed by atoms with E-state index in [1.807, 2.05) is 0 Å². The average Bonchev–Trinajstić information content (AvgIpc) is 3.20. The van der Waals surface area contributed by atoms with Crippen LogP contribution in [0.3, 0.4) is 0 Å². The van der Waals surface area contributed by atoms with Gasteiger partial charge in [-0.05, 0) is 43.2 Å². The van der Waals surface area contributed by atoms with Crippen molar-refractivity contribution in [1.82, 2.24) is 15.5 Å². The van der Waals surface area contributed by atoms with Crippen molar-refractivity contribution in [3.8, 4) is 11.4 Å². The summed E-state index contributed by atoms with van der Waals surface area (Å²) in [5, 5.41) is 6.35. The molecule has 3 aliphatic carbocycles. The smallest absolute Gasteiger partial charge is 0.349 e. The molecule has 1 amide bonds. The number of nitrogens with zero attached hydrogens (tertiary/aromatic N) is 2. The Morgan fingerprint density at radius 1 is 1.17 bits per heavy atom. The molecular formula is C16H14F3N3O2. The maximum atomic E-state index is 12.5. The van der Waals surface area contributed by atoms with Crippen molar-refractivity contribution in [2.75, 3.05) is 0 Å². The van der Waals surface area contributed by atoms with Crippen molar-refractivity contribution in [1.29, 1.82) is 0 Å². The first kappa shape index (κ1) is 15.2. The lowest BCUT2D eigenvalue weighted by Gasteiger charge is -2.24. The second-order valence-corrected chi connectivity index (χ2v) is 6.41. The molecule has 2 aromatic rings. The second kappa shape index (κ2) is 5.32. The van der Waals surface area contributed by atoms with E-state index in [0.717, 1.165) is 12.3 Å². The van der Waals surface area contributed by atoms with Crippen molar-refractivity contribution in [2.45, 2.75) is 31.5 Å². The van der Waals surface area contributed by atoms with Crippen LogP contribution in [0.25, 0.3) is 11.4 Å². The van der Waals surface area contributed by atoms with Gasteiger partial charge in [-0.25, -0.2) is 0 Å². The highest BCUT2D eigenvalue weighted by Gasteiger charge is 2.44. The Balaban J connectivity index is 1.46. The van der Waals surface area contributed by atoms with Gasteiger partial charge in [-0.1, -0.05) is 17.3 Å². The Bertz CT molecular complexity index is 764. The SMILES string of the molecule is O=C(NC1CC2CC1C2)c1ccc(-c2noc(C(F)(F)F)n2)cc1. The standard InChI is InChI=1S/C16H14F3N3O2/c17-16(18,19)15-21-13(22-24-15)9-1-3-10(4-2-9)14(23)20-12-7-8-5-11(12)6-8/h1-4,8,11-12H,5-7H2,(H,20,23). The predicted octanol–water partition coefficient (Wildman–Crippen LogP) is 3.28. The van der Waals surface area contributed by atoms with Crippen LogP contribution in [0.2, 0.25) is 0 Å². The fourth-order valence-electron chi connectivity index (χ4n) is 3.51. The van der Waals surface area contributed by atoms with Crippen LogP contribution in [0.5, 0.6) is 0 Å². The molecule has 3 fully saturated rings. The summed E-state index contributed by atoms with van der Waals surface area (Å²) in [5.74, 6) is -0.365. The monoisotopic (exact) mass is 337 g/mol. The number of carbonyl (C=O) groups is 1. The molecule has 0 radical (unpaired) electrons. The van der Waals surface area contributed by atoms with Crippen molar-refractivity contribution in [2.24, 2.45) is 11.8 Å². The Morgan fingerprint density at radius 2 is 1.88 bits per heavy atom. The van der Waals surface area contributed by atoms with Gasteiger partial charge < -0.3 is 9.84 Å². The molecule has 0 saturated heterocycles. The minimum Gasteiger partial charge on any atom is -0.349 e. The van der Waals surface area contributed by atoms with Crippen LogP contribution in [0.4, 0.5) is 13.2 Å². The maximum absolute atomic E-state index is 12.5. The van der Waals surface area contributed by atoms with E-state index in [1.54, 1.807) is 12.1 Å². The Labute approximate surface area is 135 Å². The van der Waals surface area contributed by atoms with Gasteiger partial charge in [-0.2, -0.15) is 18.2 Å². The van der Waals surface area contributed by atoms with E-state index in [-0.39, 0.29) is 17.8 Å². The van der Waals surface area contributed by atoms with Gasteiger partial charge in [0, 0.05) is 17.2 Å². The molecule has 5 rings (SSSR count). The van der Waals surface area contributed by atoms with E-state index in [0.29, 0.717) is 17.0 Å². The highest BCUT2D eigenvalue weighted by molar-refractivity contribution is 5.94. The van der Waals surface area contributed by atoms with Crippen LogP contribution in [0.1, 0.15) is 35.5 Å². The molecule has 1 N–H and O–H groups in total. The number of fused-ring (bicyclic) bond motifs is 1. The summed E-state index contributed by atoms with van der Waals surface area (Å²) in [6.45, 7) is 0. The normalized spacial score (nSPS) is 25.4. The molecule has 1 heterocycles. The van der Waals surface area contributed by atoms with Crippen LogP contribution in [-0.2, 0) is 6.18 Å². The summed E-state index contributed by atoms with van der Waals surface area (Å²) in [7, 11) is 0. The van der Waals surface area contributed by atoms with Crippen LogP contribution in [0.15, 0.2) is 28.8 Å². The Hall–Kier alpha value is -2.38. The number of carbonyl (C=O) groups excluding carboxylic acids is 1. The van der Waals surface area contributed by atoms with Gasteiger partial charge in [0.25, 0.3) is 5.91 Å². The van der Waals surface area contributed by atoms with Crippen LogP contribution in [0, 0.1) is 11.8 Å². The molecule has 1 aromatic carbocycles. The predicted molar refractivity (Wildman–Crippen MR) is 76.8 cm³/mol. The summed E-state index contributed by atoms with van der Waals surface area (Å²) in [6.07, 6.45) is -1.24. The van der Waals surface area contributed by atoms with Gasteiger partial charge in [0.2, 0.25) is 5.82 Å². The lowest BCUT2D eigenvalue weighted by atomic mass is 9.84. The quantitative estimate of drug-likeness (QED) is 0.933. The summed E-state index contributed by atoms with van der Waals surface area (Å²) in [4.78, 5) is 15.6. The fourth-order valence-corrected chi connectivity index (χ4v) is 3.51. The van der Waals surface area contributed by atoms with E-state index in [9.17, 15) is 18.0 Å². The number of aromatic nitrogens is 2. The third-order valence-corrected chi connectivity index (χ3v) is 4.82. The summed E-state index contributed by atoms with van der Waals surface area (Å²) < 4.78 is 41.6. The van der Waals surface area contributed by atoms with Gasteiger partial charge in [0.1, 0.15) is 0 Å². The number of nitrogens with one attached hydrogen (secondary N) is 1. The summed E-state index contributed by atoms with van der Waals surface area (Å²) in [5.41, 5.74) is 0.816. The lowest BCUT2D eigenvalue weighted by Crippen LogP contribution is -2.36. The molecule has 5 nitrogen and oxygen atoms in total. The van der Waals surface area contributed by atoms with Crippen molar-refractivity contribution < 1.29 is 22.5 Å². The molecule has 126 valence electrons. The maximum Gasteiger partial charge on any atom is 0.471 e. The van der Waals surface area contributed by atoms with Crippen LogP contribution in [-0.4, -0.2) is 22.1 Å². The van der Waals surface area contributed by atoms with E-state index in [4.69, 9.17) is 0 Å². The van der Waals surface area contributed by atoms with Crippen molar-refractivity contribution >= 4 is 5.91 Å². The number of hydrogen-bond donors (Lipinski definition) is 1. The van der Waals surface area contributed by atoms with E-state index < -0.39 is 12.1 Å². The van der Waals surface area contributed by atoms with E-state index in [2.05, 4.69) is 20.0 Å². The molecule has 1 unspecified atom stereocenters. The molecule has 0 aliphatic heterocycles. The number of amides is 1. The van der Waals surface area contributed by atoms with Gasteiger partial charge in [0.05, 0.1) is 0 Å². The summed E-state index contributed by atoms with van der Waals surface area (Å²) >= 11 is 0. The summed E-state index contributed by atoms with van der Waals surface area (Å²) in [6, 6.07) is 6.36. The van der Waals surface area contributed by atoms with Crippen molar-refractivity contribution in [3.05, 3.63) is 35.7 Å². The van der Waals surface area contributed by atoms with Crippen molar-refractivity contribution in [3.63, 3.8) is 0 Å². The van der Waals surface area contributed by atoms with Crippen LogP contribution < -0.4 is 5.32 Å². The zero-order valence-corrected chi connectivity index (χ0v) is 12.5. The van der Waals surface area contributed by atoms with Gasteiger partial charge in [-0.3, -0.25) is 4.79 Å². The minimum absolute atomic E-state index is 0.161.